The Bertz CT molecular complexity index is 872. The Kier molecular flexibility index (Phi) is 5.38. The number of likely N-dealkylation sites (tertiary alicyclic amines) is 1. The maximum Gasteiger partial charge on any atom is 0.416 e. The Balaban J connectivity index is 1.91. The van der Waals surface area contributed by atoms with E-state index in [2.05, 4.69) is 15.1 Å². The summed E-state index contributed by atoms with van der Waals surface area (Å²) < 4.78 is 38.4. The molecule has 0 saturated carbocycles. The molecular formula is C20H24F3N3O2. The van der Waals surface area contributed by atoms with Gasteiger partial charge in [0.15, 0.2) is 0 Å². The molecule has 0 unspecified atom stereocenters. The van der Waals surface area contributed by atoms with Gasteiger partial charge in [0.05, 0.1) is 17.0 Å². The average molecular weight is 395 g/mol. The first-order valence-corrected chi connectivity index (χ1v) is 9.13. The minimum absolute atomic E-state index is 0.169. The largest absolute Gasteiger partial charge is 0.507 e. The topological polar surface area (TPSA) is 69.5 Å². The van der Waals surface area contributed by atoms with E-state index >= 15 is 0 Å². The Labute approximate surface area is 161 Å². The molecule has 2 N–H and O–H groups in total. The second-order valence-corrected chi connectivity index (χ2v) is 7.93. The molecule has 1 fully saturated rings. The summed E-state index contributed by atoms with van der Waals surface area (Å²) in [4.78, 5) is 2.17. The number of aryl methyl sites for hydroxylation is 1. The van der Waals surface area contributed by atoms with Crippen molar-refractivity contribution in [2.24, 2.45) is 5.41 Å². The van der Waals surface area contributed by atoms with E-state index in [4.69, 9.17) is 0 Å². The summed E-state index contributed by atoms with van der Waals surface area (Å²) in [6.45, 7) is 5.46. The zero-order valence-electron chi connectivity index (χ0n) is 16.1. The lowest BCUT2D eigenvalue weighted by atomic mass is 9.76. The third-order valence-corrected chi connectivity index (χ3v) is 5.44. The second-order valence-electron chi connectivity index (χ2n) is 7.93. The summed E-state index contributed by atoms with van der Waals surface area (Å²) in [6.07, 6.45) is -3.50. The lowest BCUT2D eigenvalue weighted by Gasteiger charge is -2.41. The van der Waals surface area contributed by atoms with Gasteiger partial charge < -0.3 is 15.1 Å². The van der Waals surface area contributed by atoms with E-state index in [1.54, 1.807) is 13.0 Å². The summed E-state index contributed by atoms with van der Waals surface area (Å²) in [5.41, 5.74) is 0.209. The number of halogens is 3. The number of rotatable bonds is 3. The van der Waals surface area contributed by atoms with Crippen molar-refractivity contribution in [1.82, 2.24) is 15.1 Å². The average Bonchev–Trinajstić information content (AvgIpc) is 2.60. The molecule has 0 bridgehead atoms. The highest BCUT2D eigenvalue weighted by Crippen LogP contribution is 2.41. The van der Waals surface area contributed by atoms with Gasteiger partial charge in [-0.05, 0) is 63.2 Å². The predicted molar refractivity (Wildman–Crippen MR) is 98.7 cm³/mol. The highest BCUT2D eigenvalue weighted by Gasteiger charge is 2.38. The fourth-order valence-electron chi connectivity index (χ4n) is 3.92. The molecule has 1 aliphatic heterocycles. The summed E-state index contributed by atoms with van der Waals surface area (Å²) in [5.74, 6) is -0.513. The van der Waals surface area contributed by atoms with E-state index in [0.29, 0.717) is 17.3 Å². The Hall–Kier alpha value is -2.19. The Morgan fingerprint density at radius 2 is 1.93 bits per heavy atom. The van der Waals surface area contributed by atoms with E-state index in [1.807, 2.05) is 14.0 Å². The first kappa shape index (κ1) is 20.5. The molecule has 2 aromatic rings. The van der Waals surface area contributed by atoms with Gasteiger partial charge in [0, 0.05) is 17.5 Å². The number of nitrogens with zero attached hydrogens (tertiary/aromatic N) is 3. The van der Waals surface area contributed by atoms with Crippen LogP contribution in [0.4, 0.5) is 13.2 Å². The van der Waals surface area contributed by atoms with Crippen molar-refractivity contribution in [3.05, 3.63) is 41.1 Å². The van der Waals surface area contributed by atoms with Crippen LogP contribution in [-0.2, 0) is 6.18 Å². The predicted octanol–water partition coefficient (Wildman–Crippen LogP) is 3.94. The second kappa shape index (κ2) is 7.33. The molecule has 0 spiro atoms. The van der Waals surface area contributed by atoms with Gasteiger partial charge in [-0.3, -0.25) is 0 Å². The number of hydrogen-bond donors (Lipinski definition) is 2. The van der Waals surface area contributed by atoms with Gasteiger partial charge in [-0.2, -0.15) is 18.3 Å². The van der Waals surface area contributed by atoms with Gasteiger partial charge in [0.1, 0.15) is 11.9 Å². The van der Waals surface area contributed by atoms with Crippen LogP contribution in [0.3, 0.4) is 0 Å². The standard InChI is InChI=1S/C20H24F3N3O2/c1-12-9-15(18(28)19(2)7-4-8-26(3)11-19)24-25-17(12)14-6-5-13(10-16(14)27)20(21,22)23/h5-6,9-10,18,27-28H,4,7-8,11H2,1-3H3/t18-,19-/m1/s1. The molecule has 3 rings (SSSR count). The molecule has 1 aliphatic rings. The molecule has 0 aliphatic carbocycles. The Morgan fingerprint density at radius 1 is 1.21 bits per heavy atom. The third kappa shape index (κ3) is 3.98. The lowest BCUT2D eigenvalue weighted by Crippen LogP contribution is -2.43. The smallest absolute Gasteiger partial charge is 0.416 e. The summed E-state index contributed by atoms with van der Waals surface area (Å²) in [5, 5.41) is 29.2. The number of aliphatic hydroxyl groups excluding tert-OH is 1. The maximum absolute atomic E-state index is 12.8. The first-order chi connectivity index (χ1) is 13.0. The van der Waals surface area contributed by atoms with Crippen LogP contribution in [-0.4, -0.2) is 45.4 Å². The summed E-state index contributed by atoms with van der Waals surface area (Å²) >= 11 is 0. The highest BCUT2D eigenvalue weighted by molar-refractivity contribution is 5.69. The zero-order valence-corrected chi connectivity index (χ0v) is 16.1. The summed E-state index contributed by atoms with van der Waals surface area (Å²) in [6, 6.07) is 4.45. The number of aliphatic hydroxyl groups is 1. The summed E-state index contributed by atoms with van der Waals surface area (Å²) in [7, 11) is 2.01. The fraction of sp³-hybridized carbons (Fsp3) is 0.500. The number of benzene rings is 1. The van der Waals surface area contributed by atoms with Crippen LogP contribution in [0.5, 0.6) is 5.75 Å². The molecule has 2 heterocycles. The maximum atomic E-state index is 12.8. The van der Waals surface area contributed by atoms with Crippen LogP contribution < -0.4 is 0 Å². The number of aromatic hydroxyl groups is 1. The van der Waals surface area contributed by atoms with E-state index < -0.39 is 23.6 Å². The van der Waals surface area contributed by atoms with Crippen molar-refractivity contribution in [3.63, 3.8) is 0 Å². The number of phenolic OH excluding ortho intramolecular Hbond substituents is 1. The van der Waals surface area contributed by atoms with Crippen molar-refractivity contribution in [3.8, 4) is 17.0 Å². The minimum Gasteiger partial charge on any atom is -0.507 e. The van der Waals surface area contributed by atoms with E-state index in [-0.39, 0.29) is 16.7 Å². The molecule has 1 aromatic heterocycles. The minimum atomic E-state index is -4.53. The lowest BCUT2D eigenvalue weighted by molar-refractivity contribution is -0.137. The SMILES string of the molecule is Cc1cc([C@@H](O)[C@]2(C)CCCN(C)C2)nnc1-c1ccc(C(F)(F)F)cc1O. The van der Waals surface area contributed by atoms with Crippen LogP contribution in [0.1, 0.15) is 42.7 Å². The third-order valence-electron chi connectivity index (χ3n) is 5.44. The van der Waals surface area contributed by atoms with Crippen LogP contribution in [0.2, 0.25) is 0 Å². The van der Waals surface area contributed by atoms with E-state index in [1.165, 1.54) is 6.07 Å². The van der Waals surface area contributed by atoms with Gasteiger partial charge in [0.25, 0.3) is 0 Å². The van der Waals surface area contributed by atoms with Crippen molar-refractivity contribution < 1.29 is 23.4 Å². The molecule has 152 valence electrons. The first-order valence-electron chi connectivity index (χ1n) is 9.13. The number of hydrogen-bond acceptors (Lipinski definition) is 5. The molecule has 0 amide bonds. The number of piperidine rings is 1. The molecule has 0 radical (unpaired) electrons. The molecule has 1 aromatic carbocycles. The molecule has 8 heteroatoms. The van der Waals surface area contributed by atoms with Crippen molar-refractivity contribution >= 4 is 0 Å². The molecule has 5 nitrogen and oxygen atoms in total. The fourth-order valence-corrected chi connectivity index (χ4v) is 3.92. The van der Waals surface area contributed by atoms with Gasteiger partial charge in [0.2, 0.25) is 0 Å². The van der Waals surface area contributed by atoms with Crippen LogP contribution in [0.25, 0.3) is 11.3 Å². The Morgan fingerprint density at radius 3 is 2.50 bits per heavy atom. The molecule has 2 atom stereocenters. The number of aromatic nitrogens is 2. The van der Waals surface area contributed by atoms with Crippen molar-refractivity contribution in [1.29, 1.82) is 0 Å². The van der Waals surface area contributed by atoms with Crippen molar-refractivity contribution in [2.45, 2.75) is 39.0 Å². The van der Waals surface area contributed by atoms with Gasteiger partial charge in [-0.1, -0.05) is 6.92 Å². The zero-order chi connectivity index (χ0) is 20.7. The van der Waals surface area contributed by atoms with Crippen LogP contribution >= 0.6 is 0 Å². The van der Waals surface area contributed by atoms with Crippen LogP contribution in [0.15, 0.2) is 24.3 Å². The van der Waals surface area contributed by atoms with Gasteiger partial charge in [-0.25, -0.2) is 0 Å². The van der Waals surface area contributed by atoms with E-state index in [9.17, 15) is 23.4 Å². The van der Waals surface area contributed by atoms with E-state index in [0.717, 1.165) is 32.0 Å². The molecular weight excluding hydrogens is 371 g/mol. The highest BCUT2D eigenvalue weighted by atomic mass is 19.4. The quantitative estimate of drug-likeness (QED) is 0.824. The van der Waals surface area contributed by atoms with Crippen LogP contribution in [0, 0.1) is 12.3 Å². The monoisotopic (exact) mass is 395 g/mol. The van der Waals surface area contributed by atoms with Gasteiger partial charge in [-0.15, -0.1) is 5.10 Å². The normalized spacial score (nSPS) is 22.2. The number of phenols is 1. The molecule has 1 saturated heterocycles. The number of alkyl halides is 3. The van der Waals surface area contributed by atoms with Gasteiger partial charge >= 0.3 is 6.18 Å². The molecule has 28 heavy (non-hydrogen) atoms. The van der Waals surface area contributed by atoms with Crippen molar-refractivity contribution in [2.75, 3.05) is 20.1 Å².